The SMILES string of the molecule is CCOC(=O)C[C@H](NS(=O)(=O)c1cc(C)c(OC)cc1C)c1cccc([N+](=O)[O-])c1. The minimum Gasteiger partial charge on any atom is -0.496 e. The van der Waals surface area contributed by atoms with Gasteiger partial charge in [0.2, 0.25) is 10.0 Å². The van der Waals surface area contributed by atoms with Gasteiger partial charge in [-0.25, -0.2) is 13.1 Å². The van der Waals surface area contributed by atoms with Crippen molar-refractivity contribution in [2.75, 3.05) is 13.7 Å². The van der Waals surface area contributed by atoms with Crippen LogP contribution in [0.15, 0.2) is 41.3 Å². The Hall–Kier alpha value is -2.98. The van der Waals surface area contributed by atoms with E-state index in [9.17, 15) is 23.3 Å². The van der Waals surface area contributed by atoms with Gasteiger partial charge in [-0.15, -0.1) is 0 Å². The number of benzene rings is 2. The summed E-state index contributed by atoms with van der Waals surface area (Å²) in [6, 6.07) is 7.52. The zero-order valence-electron chi connectivity index (χ0n) is 17.2. The summed E-state index contributed by atoms with van der Waals surface area (Å²) in [7, 11) is -2.57. The van der Waals surface area contributed by atoms with E-state index in [4.69, 9.17) is 9.47 Å². The van der Waals surface area contributed by atoms with E-state index < -0.39 is 27.0 Å². The predicted octanol–water partition coefficient (Wildman–Crippen LogP) is 3.19. The van der Waals surface area contributed by atoms with Crippen molar-refractivity contribution in [3.05, 3.63) is 63.2 Å². The highest BCUT2D eigenvalue weighted by molar-refractivity contribution is 7.89. The number of carbonyl (C=O) groups is 1. The molecule has 0 aliphatic rings. The summed E-state index contributed by atoms with van der Waals surface area (Å²) in [6.07, 6.45) is -0.317. The monoisotopic (exact) mass is 436 g/mol. The molecule has 9 nitrogen and oxygen atoms in total. The maximum absolute atomic E-state index is 13.1. The molecule has 0 spiro atoms. The number of carbonyl (C=O) groups excluding carboxylic acids is 1. The van der Waals surface area contributed by atoms with Gasteiger partial charge in [-0.05, 0) is 49.6 Å². The Morgan fingerprint density at radius 2 is 1.90 bits per heavy atom. The average molecular weight is 436 g/mol. The Balaban J connectivity index is 2.47. The number of hydrogen-bond acceptors (Lipinski definition) is 7. The van der Waals surface area contributed by atoms with Crippen molar-refractivity contribution < 1.29 is 27.6 Å². The molecular formula is C20H24N2O7S. The molecule has 2 aromatic rings. The van der Waals surface area contributed by atoms with Crippen molar-refractivity contribution in [3.8, 4) is 5.75 Å². The van der Waals surface area contributed by atoms with E-state index in [1.54, 1.807) is 26.8 Å². The van der Waals surface area contributed by atoms with Gasteiger partial charge >= 0.3 is 5.97 Å². The second kappa shape index (κ2) is 9.68. The first-order chi connectivity index (χ1) is 14.1. The molecule has 2 aromatic carbocycles. The quantitative estimate of drug-likeness (QED) is 0.363. The third kappa shape index (κ3) is 5.55. The maximum atomic E-state index is 13.1. The Labute approximate surface area is 175 Å². The molecule has 0 radical (unpaired) electrons. The molecule has 0 heterocycles. The van der Waals surface area contributed by atoms with Crippen LogP contribution in [0.5, 0.6) is 5.75 Å². The molecule has 0 aromatic heterocycles. The molecule has 0 saturated heterocycles. The van der Waals surface area contributed by atoms with Crippen molar-refractivity contribution in [1.82, 2.24) is 4.72 Å². The first-order valence-electron chi connectivity index (χ1n) is 9.16. The van der Waals surface area contributed by atoms with E-state index in [1.165, 1.54) is 37.4 Å². The van der Waals surface area contributed by atoms with Gasteiger partial charge in [-0.1, -0.05) is 12.1 Å². The molecule has 1 N–H and O–H groups in total. The Morgan fingerprint density at radius 3 is 2.50 bits per heavy atom. The zero-order valence-corrected chi connectivity index (χ0v) is 18.0. The van der Waals surface area contributed by atoms with Crippen molar-refractivity contribution >= 4 is 21.7 Å². The van der Waals surface area contributed by atoms with Crippen molar-refractivity contribution in [2.45, 2.75) is 38.1 Å². The van der Waals surface area contributed by atoms with Gasteiger partial charge in [0.15, 0.2) is 0 Å². The lowest BCUT2D eigenvalue weighted by atomic mass is 10.0. The molecule has 2 rings (SSSR count). The lowest BCUT2D eigenvalue weighted by Crippen LogP contribution is -2.31. The van der Waals surface area contributed by atoms with Crippen LogP contribution in [0.2, 0.25) is 0 Å². The van der Waals surface area contributed by atoms with E-state index in [2.05, 4.69) is 4.72 Å². The average Bonchev–Trinajstić information content (AvgIpc) is 2.68. The minimum absolute atomic E-state index is 0.0279. The van der Waals surface area contributed by atoms with E-state index in [0.29, 0.717) is 16.9 Å². The number of hydrogen-bond donors (Lipinski definition) is 1. The number of esters is 1. The van der Waals surface area contributed by atoms with Gasteiger partial charge in [-0.2, -0.15) is 0 Å². The van der Waals surface area contributed by atoms with E-state index in [-0.39, 0.29) is 29.2 Å². The molecule has 10 heteroatoms. The zero-order chi connectivity index (χ0) is 22.5. The number of nitrogens with zero attached hydrogens (tertiary/aromatic N) is 1. The molecule has 0 amide bonds. The second-order valence-corrected chi connectivity index (χ2v) is 8.30. The highest BCUT2D eigenvalue weighted by Crippen LogP contribution is 2.28. The van der Waals surface area contributed by atoms with Crippen molar-refractivity contribution in [1.29, 1.82) is 0 Å². The number of rotatable bonds is 9. The van der Waals surface area contributed by atoms with Gasteiger partial charge in [-0.3, -0.25) is 14.9 Å². The fraction of sp³-hybridized carbons (Fsp3) is 0.350. The molecule has 30 heavy (non-hydrogen) atoms. The smallest absolute Gasteiger partial charge is 0.307 e. The molecular weight excluding hydrogens is 412 g/mol. The first kappa shape index (κ1) is 23.3. The number of nitro groups is 1. The number of nitrogens with one attached hydrogen (secondary N) is 1. The number of nitro benzene ring substituents is 1. The predicted molar refractivity (Wildman–Crippen MR) is 110 cm³/mol. The van der Waals surface area contributed by atoms with Gasteiger partial charge in [0.05, 0.1) is 36.0 Å². The molecule has 0 saturated carbocycles. The molecule has 1 atom stereocenters. The summed E-state index contributed by atoms with van der Waals surface area (Å²) in [5.41, 5.74) is 1.15. The maximum Gasteiger partial charge on any atom is 0.307 e. The molecule has 0 bridgehead atoms. The summed E-state index contributed by atoms with van der Waals surface area (Å²) in [5.74, 6) is -0.0763. The van der Waals surface area contributed by atoms with Crippen molar-refractivity contribution in [3.63, 3.8) is 0 Å². The summed E-state index contributed by atoms with van der Waals surface area (Å²) < 4.78 is 38.9. The van der Waals surface area contributed by atoms with Crippen LogP contribution in [0.3, 0.4) is 0 Å². The van der Waals surface area contributed by atoms with Gasteiger partial charge in [0, 0.05) is 12.1 Å². The summed E-state index contributed by atoms with van der Waals surface area (Å²) >= 11 is 0. The molecule has 0 unspecified atom stereocenters. The normalized spacial score (nSPS) is 12.3. The highest BCUT2D eigenvalue weighted by Gasteiger charge is 2.27. The van der Waals surface area contributed by atoms with E-state index in [0.717, 1.165) is 0 Å². The van der Waals surface area contributed by atoms with Crippen LogP contribution in [-0.2, 0) is 19.6 Å². The summed E-state index contributed by atoms with van der Waals surface area (Å²) in [5, 5.41) is 11.1. The molecule has 162 valence electrons. The Morgan fingerprint density at radius 1 is 1.20 bits per heavy atom. The third-order valence-corrected chi connectivity index (χ3v) is 6.05. The van der Waals surface area contributed by atoms with Crippen LogP contribution in [0.25, 0.3) is 0 Å². The first-order valence-corrected chi connectivity index (χ1v) is 10.6. The lowest BCUT2D eigenvalue weighted by Gasteiger charge is -2.20. The Kier molecular flexibility index (Phi) is 7.52. The van der Waals surface area contributed by atoms with Crippen LogP contribution in [-0.4, -0.2) is 33.0 Å². The van der Waals surface area contributed by atoms with Crippen LogP contribution in [0, 0.1) is 24.0 Å². The highest BCUT2D eigenvalue weighted by atomic mass is 32.2. The van der Waals surface area contributed by atoms with Crippen LogP contribution < -0.4 is 9.46 Å². The number of sulfonamides is 1. The third-order valence-electron chi connectivity index (χ3n) is 4.44. The van der Waals surface area contributed by atoms with Gasteiger partial charge < -0.3 is 9.47 Å². The molecule has 0 aliphatic heterocycles. The molecule has 0 aliphatic carbocycles. The fourth-order valence-corrected chi connectivity index (χ4v) is 4.53. The second-order valence-electron chi connectivity index (χ2n) is 6.62. The number of aryl methyl sites for hydroxylation is 2. The summed E-state index contributed by atoms with van der Waals surface area (Å²) in [6.45, 7) is 5.11. The number of ether oxygens (including phenoxy) is 2. The van der Waals surface area contributed by atoms with Gasteiger partial charge in [0.25, 0.3) is 5.69 Å². The van der Waals surface area contributed by atoms with Crippen LogP contribution in [0.1, 0.15) is 36.1 Å². The topological polar surface area (TPSA) is 125 Å². The standard InChI is InChI=1S/C20H24N2O7S/c1-5-29-20(23)12-17(15-7-6-8-16(11-15)22(24)25)21-30(26,27)19-10-13(2)18(28-4)9-14(19)3/h6-11,17,21H,5,12H2,1-4H3/t17-/m0/s1. The van der Waals surface area contributed by atoms with Crippen LogP contribution >= 0.6 is 0 Å². The molecule has 0 fully saturated rings. The van der Waals surface area contributed by atoms with Crippen LogP contribution in [0.4, 0.5) is 5.69 Å². The fourth-order valence-electron chi connectivity index (χ4n) is 2.99. The minimum atomic E-state index is -4.06. The largest absolute Gasteiger partial charge is 0.496 e. The Bertz CT molecular complexity index is 1050. The van der Waals surface area contributed by atoms with Gasteiger partial charge in [0.1, 0.15) is 5.75 Å². The van der Waals surface area contributed by atoms with E-state index >= 15 is 0 Å². The summed E-state index contributed by atoms with van der Waals surface area (Å²) in [4.78, 5) is 22.6. The number of non-ortho nitro benzene ring substituents is 1. The number of methoxy groups -OCH3 is 1. The van der Waals surface area contributed by atoms with E-state index in [1.807, 2.05) is 0 Å². The van der Waals surface area contributed by atoms with Crippen molar-refractivity contribution in [2.24, 2.45) is 0 Å². The lowest BCUT2D eigenvalue weighted by molar-refractivity contribution is -0.384.